The molecule has 24 heavy (non-hydrogen) atoms. The average Bonchev–Trinajstić information content (AvgIpc) is 3.06. The molecule has 0 radical (unpaired) electrons. The number of aliphatic hydroxyl groups is 1. The maximum absolute atomic E-state index is 12.6. The van der Waals surface area contributed by atoms with Crippen LogP contribution < -0.4 is 4.74 Å². The number of benzene rings is 1. The molecule has 6 heteroatoms. The molecule has 2 aromatic rings. The number of hydrogen-bond donors (Lipinski definition) is 1. The highest BCUT2D eigenvalue weighted by Crippen LogP contribution is 2.27. The third-order valence-corrected chi connectivity index (χ3v) is 4.40. The molecule has 0 bridgehead atoms. The second-order valence-corrected chi connectivity index (χ2v) is 6.31. The van der Waals surface area contributed by atoms with E-state index in [1.807, 2.05) is 37.3 Å². The van der Waals surface area contributed by atoms with Crippen LogP contribution >= 0.6 is 0 Å². The maximum atomic E-state index is 12.6. The monoisotopic (exact) mass is 330 g/mol. The minimum Gasteiger partial charge on any atom is -0.486 e. The first-order valence-corrected chi connectivity index (χ1v) is 8.18. The van der Waals surface area contributed by atoms with Crippen LogP contribution in [0.5, 0.6) is 5.75 Å². The number of para-hydroxylation sites is 1. The van der Waals surface area contributed by atoms with Gasteiger partial charge in [-0.15, -0.1) is 0 Å². The molecule has 1 saturated heterocycles. The van der Waals surface area contributed by atoms with E-state index in [-0.39, 0.29) is 5.91 Å². The topological polar surface area (TPSA) is 75.8 Å². The first kappa shape index (κ1) is 16.5. The second kappa shape index (κ2) is 6.65. The third-order valence-electron chi connectivity index (χ3n) is 4.40. The Kier molecular flexibility index (Phi) is 4.57. The summed E-state index contributed by atoms with van der Waals surface area (Å²) in [5, 5.41) is 14.4. The summed E-state index contributed by atoms with van der Waals surface area (Å²) in [6, 6.07) is 11.0. The zero-order valence-electron chi connectivity index (χ0n) is 13.9. The first-order chi connectivity index (χ1) is 11.5. The molecule has 0 spiro atoms. The predicted molar refractivity (Wildman–Crippen MR) is 87.9 cm³/mol. The number of rotatable bonds is 4. The Bertz CT molecular complexity index is 696. The molecule has 0 aliphatic carbocycles. The van der Waals surface area contributed by atoms with Gasteiger partial charge in [0.15, 0.2) is 5.69 Å². The molecule has 1 aromatic carbocycles. The summed E-state index contributed by atoms with van der Waals surface area (Å²) < 4.78 is 11.0. The van der Waals surface area contributed by atoms with Crippen LogP contribution in [0.1, 0.15) is 36.5 Å². The highest BCUT2D eigenvalue weighted by atomic mass is 16.5. The summed E-state index contributed by atoms with van der Waals surface area (Å²) in [5.74, 6) is 1.15. The molecule has 0 saturated carbocycles. The number of aryl methyl sites for hydroxylation is 1. The predicted octanol–water partition coefficient (Wildman–Crippen LogP) is 2.28. The molecule has 2 heterocycles. The van der Waals surface area contributed by atoms with Crippen molar-refractivity contribution in [3.63, 3.8) is 0 Å². The van der Waals surface area contributed by atoms with Crippen LogP contribution in [0.15, 0.2) is 40.9 Å². The Balaban J connectivity index is 1.73. The molecular formula is C18H22N2O4. The van der Waals surface area contributed by atoms with E-state index < -0.39 is 11.7 Å². The van der Waals surface area contributed by atoms with Crippen LogP contribution in [0.2, 0.25) is 0 Å². The van der Waals surface area contributed by atoms with Crippen molar-refractivity contribution in [2.24, 2.45) is 0 Å². The summed E-state index contributed by atoms with van der Waals surface area (Å²) in [6.45, 7) is 4.44. The molecule has 128 valence electrons. The smallest absolute Gasteiger partial charge is 0.276 e. The van der Waals surface area contributed by atoms with E-state index in [1.54, 1.807) is 17.9 Å². The van der Waals surface area contributed by atoms with E-state index in [0.717, 1.165) is 0 Å². The van der Waals surface area contributed by atoms with Gasteiger partial charge in [0.05, 0.1) is 6.54 Å². The van der Waals surface area contributed by atoms with Gasteiger partial charge in [-0.1, -0.05) is 30.3 Å². The highest BCUT2D eigenvalue weighted by Gasteiger charge is 2.41. The van der Waals surface area contributed by atoms with Crippen LogP contribution in [0.4, 0.5) is 0 Å². The summed E-state index contributed by atoms with van der Waals surface area (Å²) in [5.41, 5.74) is -0.697. The molecule has 3 rings (SSSR count). The number of carbonyl (C=O) groups is 1. The van der Waals surface area contributed by atoms with Crippen LogP contribution in [-0.4, -0.2) is 45.9 Å². The van der Waals surface area contributed by atoms with Crippen molar-refractivity contribution in [3.05, 3.63) is 47.9 Å². The number of piperidine rings is 1. The lowest BCUT2D eigenvalue weighted by atomic mass is 9.90. The van der Waals surface area contributed by atoms with Crippen molar-refractivity contribution in [3.8, 4) is 5.75 Å². The van der Waals surface area contributed by atoms with Gasteiger partial charge in [-0.25, -0.2) is 0 Å². The number of carbonyl (C=O) groups excluding carboxylic acids is 1. The van der Waals surface area contributed by atoms with E-state index in [4.69, 9.17) is 9.26 Å². The van der Waals surface area contributed by atoms with Gasteiger partial charge in [-0.3, -0.25) is 4.79 Å². The van der Waals surface area contributed by atoms with Crippen LogP contribution in [0, 0.1) is 0 Å². The van der Waals surface area contributed by atoms with Gasteiger partial charge >= 0.3 is 0 Å². The van der Waals surface area contributed by atoms with E-state index in [9.17, 15) is 9.90 Å². The molecule has 1 fully saturated rings. The fraction of sp³-hybridized carbons (Fsp3) is 0.444. The minimum atomic E-state index is -0.995. The summed E-state index contributed by atoms with van der Waals surface area (Å²) in [6.07, 6.45) is 0.624. The van der Waals surface area contributed by atoms with Crippen molar-refractivity contribution < 1.29 is 19.2 Å². The quantitative estimate of drug-likeness (QED) is 0.931. The summed E-state index contributed by atoms with van der Waals surface area (Å²) >= 11 is 0. The summed E-state index contributed by atoms with van der Waals surface area (Å²) in [7, 11) is 0. The molecule has 1 amide bonds. The van der Waals surface area contributed by atoms with Gasteiger partial charge in [0.25, 0.3) is 5.91 Å². The Morgan fingerprint density at radius 3 is 2.88 bits per heavy atom. The number of ether oxygens (including phenoxy) is 1. The van der Waals surface area contributed by atoms with Gasteiger partial charge in [-0.2, -0.15) is 0 Å². The fourth-order valence-electron chi connectivity index (χ4n) is 2.76. The lowest BCUT2D eigenvalue weighted by Crippen LogP contribution is -2.57. The third kappa shape index (κ3) is 3.43. The van der Waals surface area contributed by atoms with Crippen LogP contribution in [0.3, 0.4) is 0 Å². The van der Waals surface area contributed by atoms with E-state index in [2.05, 4.69) is 5.16 Å². The number of aromatic nitrogens is 1. The average molecular weight is 330 g/mol. The fourth-order valence-corrected chi connectivity index (χ4v) is 2.76. The minimum absolute atomic E-state index is 0.199. The van der Waals surface area contributed by atoms with Crippen LogP contribution in [-0.2, 0) is 6.42 Å². The molecule has 1 aliphatic heterocycles. The van der Waals surface area contributed by atoms with Crippen molar-refractivity contribution in [2.45, 2.75) is 38.4 Å². The molecule has 1 aliphatic rings. The summed E-state index contributed by atoms with van der Waals surface area (Å²) in [4.78, 5) is 14.3. The van der Waals surface area contributed by atoms with E-state index in [0.29, 0.717) is 43.1 Å². The van der Waals surface area contributed by atoms with Crippen molar-refractivity contribution in [1.29, 1.82) is 0 Å². The Morgan fingerprint density at radius 2 is 2.21 bits per heavy atom. The zero-order valence-corrected chi connectivity index (χ0v) is 13.9. The lowest BCUT2D eigenvalue weighted by Gasteiger charge is -2.42. The van der Waals surface area contributed by atoms with Gasteiger partial charge in [0, 0.05) is 19.0 Å². The first-order valence-electron chi connectivity index (χ1n) is 8.18. The Morgan fingerprint density at radius 1 is 1.46 bits per heavy atom. The normalized spacial score (nSPS) is 24.0. The standard InChI is InChI=1S/C18H22N2O4/c1-3-13-11-15(19-24-13)17(21)20-10-9-18(2,22)16(12-20)23-14-7-5-4-6-8-14/h4-8,11,16,22H,3,9-10,12H2,1-2H3/t16-,18-/m1/s1. The Hall–Kier alpha value is -2.34. The van der Waals surface area contributed by atoms with E-state index >= 15 is 0 Å². The molecule has 2 atom stereocenters. The van der Waals surface area contributed by atoms with Crippen molar-refractivity contribution >= 4 is 5.91 Å². The molecule has 0 unspecified atom stereocenters. The molecular weight excluding hydrogens is 308 g/mol. The van der Waals surface area contributed by atoms with Gasteiger partial charge in [0.1, 0.15) is 23.2 Å². The molecule has 6 nitrogen and oxygen atoms in total. The molecule has 1 aromatic heterocycles. The number of hydrogen-bond acceptors (Lipinski definition) is 5. The van der Waals surface area contributed by atoms with Gasteiger partial charge < -0.3 is 19.3 Å². The van der Waals surface area contributed by atoms with Gasteiger partial charge in [0.2, 0.25) is 0 Å². The highest BCUT2D eigenvalue weighted by molar-refractivity contribution is 5.92. The maximum Gasteiger partial charge on any atom is 0.276 e. The number of nitrogens with zero attached hydrogens (tertiary/aromatic N) is 2. The largest absolute Gasteiger partial charge is 0.486 e. The molecule has 1 N–H and O–H groups in total. The van der Waals surface area contributed by atoms with Crippen molar-refractivity contribution in [2.75, 3.05) is 13.1 Å². The number of amides is 1. The van der Waals surface area contributed by atoms with Crippen molar-refractivity contribution in [1.82, 2.24) is 10.1 Å². The van der Waals surface area contributed by atoms with Crippen LogP contribution in [0.25, 0.3) is 0 Å². The SMILES string of the molecule is CCc1cc(C(=O)N2CC[C@@](C)(O)[C@H](Oc3ccccc3)C2)no1. The lowest BCUT2D eigenvalue weighted by molar-refractivity contribution is -0.0882. The Labute approximate surface area is 141 Å². The second-order valence-electron chi connectivity index (χ2n) is 6.31. The number of likely N-dealkylation sites (tertiary alicyclic amines) is 1. The zero-order chi connectivity index (χ0) is 17.2. The van der Waals surface area contributed by atoms with Gasteiger partial charge in [-0.05, 0) is 25.5 Å². The van der Waals surface area contributed by atoms with E-state index in [1.165, 1.54) is 0 Å².